The molecule has 16 heavy (non-hydrogen) atoms. The van der Waals surface area contributed by atoms with Crippen molar-refractivity contribution in [2.45, 2.75) is 12.8 Å². The summed E-state index contributed by atoms with van der Waals surface area (Å²) in [6.45, 7) is 5.69. The third-order valence-electron chi connectivity index (χ3n) is 2.33. The van der Waals surface area contributed by atoms with Gasteiger partial charge in [0.15, 0.2) is 0 Å². The minimum absolute atomic E-state index is 0.0603. The first-order valence-corrected chi connectivity index (χ1v) is 5.06. The number of nitrogens with two attached hydrogens (primary N) is 1. The van der Waals surface area contributed by atoms with E-state index in [0.717, 1.165) is 11.3 Å². The van der Waals surface area contributed by atoms with Gasteiger partial charge in [-0.15, -0.1) is 0 Å². The van der Waals surface area contributed by atoms with Crippen molar-refractivity contribution in [1.82, 2.24) is 9.97 Å². The van der Waals surface area contributed by atoms with E-state index in [-0.39, 0.29) is 12.5 Å². The van der Waals surface area contributed by atoms with Crippen LogP contribution in [0.4, 0.5) is 0 Å². The standard InChI is InChI=1S/C12H17N3O/c1-9(7-16)5-11(3-4-13)10(2)12-6-14-8-15-12/h3-6,8,10,16H,1,7,13H2,2H3,(H,14,15)/b4-3-,11-5+. The zero-order chi connectivity index (χ0) is 12.0. The molecule has 86 valence electrons. The molecule has 0 radical (unpaired) electrons. The van der Waals surface area contributed by atoms with Crippen LogP contribution in [0.2, 0.25) is 0 Å². The van der Waals surface area contributed by atoms with Gasteiger partial charge in [0.2, 0.25) is 0 Å². The molecular weight excluding hydrogens is 202 g/mol. The van der Waals surface area contributed by atoms with Crippen molar-refractivity contribution in [3.8, 4) is 0 Å². The Labute approximate surface area is 95.2 Å². The second-order valence-electron chi connectivity index (χ2n) is 3.54. The highest BCUT2D eigenvalue weighted by atomic mass is 16.3. The predicted octanol–water partition coefficient (Wildman–Crippen LogP) is 1.46. The van der Waals surface area contributed by atoms with Crippen LogP contribution in [-0.4, -0.2) is 21.7 Å². The summed E-state index contributed by atoms with van der Waals surface area (Å²) in [5.41, 5.74) is 7.94. The van der Waals surface area contributed by atoms with Crippen molar-refractivity contribution in [2.75, 3.05) is 6.61 Å². The molecule has 0 aromatic carbocycles. The topological polar surface area (TPSA) is 74.9 Å². The average Bonchev–Trinajstić information content (AvgIpc) is 2.80. The zero-order valence-corrected chi connectivity index (χ0v) is 9.35. The molecule has 1 atom stereocenters. The average molecular weight is 219 g/mol. The van der Waals surface area contributed by atoms with Crippen LogP contribution in [0.25, 0.3) is 0 Å². The lowest BCUT2D eigenvalue weighted by atomic mass is 9.96. The Kier molecular flexibility index (Phi) is 4.54. The Morgan fingerprint density at radius 1 is 1.75 bits per heavy atom. The van der Waals surface area contributed by atoms with Gasteiger partial charge in [0.05, 0.1) is 18.6 Å². The number of aliphatic hydroxyl groups excluding tert-OH is 1. The number of aliphatic hydroxyl groups is 1. The molecular formula is C12H17N3O. The fourth-order valence-electron chi connectivity index (χ4n) is 1.39. The summed E-state index contributed by atoms with van der Waals surface area (Å²) < 4.78 is 0. The molecule has 0 spiro atoms. The van der Waals surface area contributed by atoms with E-state index in [1.165, 1.54) is 6.20 Å². The van der Waals surface area contributed by atoms with Gasteiger partial charge in [0.1, 0.15) is 0 Å². The van der Waals surface area contributed by atoms with Crippen molar-refractivity contribution in [2.24, 2.45) is 5.73 Å². The Morgan fingerprint density at radius 3 is 3.00 bits per heavy atom. The molecule has 4 N–H and O–H groups in total. The molecule has 1 heterocycles. The molecule has 1 unspecified atom stereocenters. The monoisotopic (exact) mass is 219 g/mol. The van der Waals surface area contributed by atoms with Gasteiger partial charge in [-0.25, -0.2) is 4.98 Å². The minimum atomic E-state index is -0.0603. The van der Waals surface area contributed by atoms with Crippen molar-refractivity contribution in [3.63, 3.8) is 0 Å². The summed E-state index contributed by atoms with van der Waals surface area (Å²) in [5, 5.41) is 8.94. The van der Waals surface area contributed by atoms with Crippen LogP contribution < -0.4 is 5.73 Å². The SMILES string of the molecule is C=C(/C=C(\C=C/N)C(C)c1c[nH]cn1)CO. The van der Waals surface area contributed by atoms with E-state index in [0.29, 0.717) is 5.57 Å². The molecule has 0 fully saturated rings. The first-order valence-electron chi connectivity index (χ1n) is 5.06. The number of H-pyrrole nitrogens is 1. The van der Waals surface area contributed by atoms with Crippen LogP contribution >= 0.6 is 0 Å². The van der Waals surface area contributed by atoms with Crippen LogP contribution in [-0.2, 0) is 0 Å². The zero-order valence-electron chi connectivity index (χ0n) is 9.35. The van der Waals surface area contributed by atoms with Gasteiger partial charge in [-0.3, -0.25) is 0 Å². The van der Waals surface area contributed by atoms with Gasteiger partial charge in [0.25, 0.3) is 0 Å². The molecule has 0 amide bonds. The predicted molar refractivity (Wildman–Crippen MR) is 64.6 cm³/mol. The fourth-order valence-corrected chi connectivity index (χ4v) is 1.39. The minimum Gasteiger partial charge on any atom is -0.405 e. The summed E-state index contributed by atoms with van der Waals surface area (Å²) in [7, 11) is 0. The summed E-state index contributed by atoms with van der Waals surface area (Å²) in [6.07, 6.45) is 8.56. The molecule has 0 saturated carbocycles. The number of nitrogens with one attached hydrogen (secondary N) is 1. The summed E-state index contributed by atoms with van der Waals surface area (Å²) >= 11 is 0. The van der Waals surface area contributed by atoms with Gasteiger partial charge < -0.3 is 15.8 Å². The fraction of sp³-hybridized carbons (Fsp3) is 0.250. The van der Waals surface area contributed by atoms with Crippen molar-refractivity contribution < 1.29 is 5.11 Å². The highest BCUT2D eigenvalue weighted by Gasteiger charge is 2.11. The third kappa shape index (κ3) is 3.10. The quantitative estimate of drug-likeness (QED) is 0.656. The highest BCUT2D eigenvalue weighted by Crippen LogP contribution is 2.23. The first kappa shape index (κ1) is 12.3. The van der Waals surface area contributed by atoms with E-state index < -0.39 is 0 Å². The van der Waals surface area contributed by atoms with Crippen LogP contribution in [0.5, 0.6) is 0 Å². The van der Waals surface area contributed by atoms with Gasteiger partial charge in [-0.1, -0.05) is 19.6 Å². The maximum atomic E-state index is 8.94. The van der Waals surface area contributed by atoms with E-state index >= 15 is 0 Å². The molecule has 1 aromatic rings. The van der Waals surface area contributed by atoms with Crippen molar-refractivity contribution >= 4 is 0 Å². The molecule has 0 aliphatic carbocycles. The summed E-state index contributed by atoms with van der Waals surface area (Å²) in [6, 6.07) is 0. The molecule has 0 bridgehead atoms. The number of aromatic amines is 1. The van der Waals surface area contributed by atoms with Crippen molar-refractivity contribution in [1.29, 1.82) is 0 Å². The van der Waals surface area contributed by atoms with Gasteiger partial charge >= 0.3 is 0 Å². The molecule has 0 aliphatic rings. The van der Waals surface area contributed by atoms with E-state index in [2.05, 4.69) is 16.5 Å². The molecule has 1 aromatic heterocycles. The number of nitrogens with zero attached hydrogens (tertiary/aromatic N) is 1. The third-order valence-corrected chi connectivity index (χ3v) is 2.33. The normalized spacial score (nSPS) is 14.2. The van der Waals surface area contributed by atoms with Gasteiger partial charge in [-0.05, 0) is 23.4 Å². The van der Waals surface area contributed by atoms with Crippen LogP contribution in [0.15, 0.2) is 48.6 Å². The Morgan fingerprint density at radius 2 is 2.50 bits per heavy atom. The maximum Gasteiger partial charge on any atom is 0.0923 e. The van der Waals surface area contributed by atoms with Gasteiger partial charge in [-0.2, -0.15) is 0 Å². The van der Waals surface area contributed by atoms with E-state index in [4.69, 9.17) is 10.8 Å². The number of rotatable bonds is 5. The van der Waals surface area contributed by atoms with E-state index in [9.17, 15) is 0 Å². The number of hydrogen-bond donors (Lipinski definition) is 3. The summed E-state index contributed by atoms with van der Waals surface area (Å²) in [5.74, 6) is 0.106. The van der Waals surface area contributed by atoms with E-state index in [1.54, 1.807) is 12.4 Å². The number of aromatic nitrogens is 2. The lowest BCUT2D eigenvalue weighted by molar-refractivity contribution is 0.335. The largest absolute Gasteiger partial charge is 0.405 e. The molecule has 4 heteroatoms. The summed E-state index contributed by atoms with van der Waals surface area (Å²) in [4.78, 5) is 7.10. The van der Waals surface area contributed by atoms with Crippen molar-refractivity contribution in [3.05, 3.63) is 54.3 Å². The number of hydrogen-bond acceptors (Lipinski definition) is 3. The van der Waals surface area contributed by atoms with Gasteiger partial charge in [0, 0.05) is 12.1 Å². The first-order chi connectivity index (χ1) is 7.69. The Hall–Kier alpha value is -1.81. The Balaban J connectivity index is 2.94. The molecule has 0 saturated heterocycles. The van der Waals surface area contributed by atoms with Crippen LogP contribution in [0, 0.1) is 0 Å². The maximum absolute atomic E-state index is 8.94. The van der Waals surface area contributed by atoms with Crippen LogP contribution in [0.1, 0.15) is 18.5 Å². The smallest absolute Gasteiger partial charge is 0.0923 e. The number of imidazole rings is 1. The number of allylic oxidation sites excluding steroid dienone is 2. The molecule has 0 aliphatic heterocycles. The van der Waals surface area contributed by atoms with Crippen LogP contribution in [0.3, 0.4) is 0 Å². The Bertz CT molecular complexity index is 390. The van der Waals surface area contributed by atoms with E-state index in [1.807, 2.05) is 19.2 Å². The molecule has 1 rings (SSSR count). The highest BCUT2D eigenvalue weighted by molar-refractivity contribution is 5.35. The second-order valence-corrected chi connectivity index (χ2v) is 3.54. The lowest BCUT2D eigenvalue weighted by Crippen LogP contribution is -1.99. The lowest BCUT2D eigenvalue weighted by Gasteiger charge is -2.10. The molecule has 4 nitrogen and oxygen atoms in total. The second kappa shape index (κ2) is 5.92.